The summed E-state index contributed by atoms with van der Waals surface area (Å²) in [5.41, 5.74) is 7.16. The van der Waals surface area contributed by atoms with Crippen molar-refractivity contribution >= 4 is 5.96 Å². The Bertz CT molecular complexity index is 635. The summed E-state index contributed by atoms with van der Waals surface area (Å²) in [5.74, 6) is 3.36. The van der Waals surface area contributed by atoms with E-state index in [9.17, 15) is 0 Å². The molecular formula is C21H36N4O2. The third-order valence-corrected chi connectivity index (χ3v) is 5.31. The lowest BCUT2D eigenvalue weighted by atomic mass is 9.88. The highest BCUT2D eigenvalue weighted by Crippen LogP contribution is 2.28. The zero-order valence-corrected chi connectivity index (χ0v) is 17.7. The van der Waals surface area contributed by atoms with Crippen LogP contribution in [0.15, 0.2) is 23.2 Å². The molecule has 1 aliphatic heterocycles. The number of nitrogens with zero attached hydrogens (tertiary/aromatic N) is 2. The van der Waals surface area contributed by atoms with E-state index < -0.39 is 0 Å². The third kappa shape index (κ3) is 6.03. The molecule has 1 heterocycles. The van der Waals surface area contributed by atoms with Gasteiger partial charge in [0.05, 0.1) is 20.8 Å². The molecule has 27 heavy (non-hydrogen) atoms. The molecule has 152 valence electrons. The van der Waals surface area contributed by atoms with Crippen LogP contribution in [0.25, 0.3) is 0 Å². The van der Waals surface area contributed by atoms with Gasteiger partial charge in [-0.2, -0.15) is 0 Å². The molecule has 6 nitrogen and oxygen atoms in total. The number of nitrogens with one attached hydrogen (secondary N) is 1. The second-order valence-corrected chi connectivity index (χ2v) is 8.41. The summed E-state index contributed by atoms with van der Waals surface area (Å²) in [6.45, 7) is 12.8. The fraction of sp³-hybridized carbons (Fsp3) is 0.667. The van der Waals surface area contributed by atoms with Gasteiger partial charge < -0.3 is 20.5 Å². The second kappa shape index (κ2) is 9.31. The highest BCUT2D eigenvalue weighted by Gasteiger charge is 2.32. The van der Waals surface area contributed by atoms with Gasteiger partial charge in [-0.25, -0.2) is 4.99 Å². The third-order valence-electron chi connectivity index (χ3n) is 5.31. The Morgan fingerprint density at radius 3 is 2.41 bits per heavy atom. The largest absolute Gasteiger partial charge is 0.493 e. The molecule has 0 bridgehead atoms. The fourth-order valence-electron chi connectivity index (χ4n) is 3.79. The summed E-state index contributed by atoms with van der Waals surface area (Å²) in [6.07, 6.45) is 1.31. The predicted molar refractivity (Wildman–Crippen MR) is 111 cm³/mol. The maximum atomic E-state index is 6.10. The Morgan fingerprint density at radius 2 is 1.81 bits per heavy atom. The summed E-state index contributed by atoms with van der Waals surface area (Å²) >= 11 is 0. The van der Waals surface area contributed by atoms with E-state index >= 15 is 0 Å². The summed E-state index contributed by atoms with van der Waals surface area (Å²) in [7, 11) is 3.26. The van der Waals surface area contributed by atoms with Gasteiger partial charge in [-0.3, -0.25) is 4.90 Å². The van der Waals surface area contributed by atoms with Gasteiger partial charge in [0.1, 0.15) is 0 Å². The van der Waals surface area contributed by atoms with E-state index in [0.717, 1.165) is 37.0 Å². The van der Waals surface area contributed by atoms with Gasteiger partial charge >= 0.3 is 0 Å². The van der Waals surface area contributed by atoms with Crippen LogP contribution in [0, 0.1) is 11.8 Å². The smallest absolute Gasteiger partial charge is 0.188 e. The summed E-state index contributed by atoms with van der Waals surface area (Å²) < 4.78 is 10.6. The number of hydrogen-bond acceptors (Lipinski definition) is 4. The van der Waals surface area contributed by atoms with Crippen molar-refractivity contribution in [1.82, 2.24) is 10.2 Å². The Morgan fingerprint density at radius 1 is 1.19 bits per heavy atom. The number of aliphatic imine (C=N–C) groups is 1. The molecule has 6 heteroatoms. The number of rotatable bonds is 7. The molecule has 1 saturated heterocycles. The van der Waals surface area contributed by atoms with E-state index in [1.807, 2.05) is 18.2 Å². The first kappa shape index (κ1) is 21.4. The molecule has 1 fully saturated rings. The summed E-state index contributed by atoms with van der Waals surface area (Å²) in [6, 6.07) is 5.78. The van der Waals surface area contributed by atoms with Crippen LogP contribution in [0.1, 0.15) is 39.7 Å². The van der Waals surface area contributed by atoms with Gasteiger partial charge in [-0.05, 0) is 49.8 Å². The normalized spacial score (nSPS) is 21.8. The molecule has 1 aromatic rings. The SMILES string of the molecule is COc1ccc(CN=C(N)NCC(C)(C)N2CC(C)CC(C)C2)cc1OC. The minimum atomic E-state index is 0.0341. The van der Waals surface area contributed by atoms with Gasteiger partial charge in [-0.1, -0.05) is 19.9 Å². The van der Waals surface area contributed by atoms with Crippen LogP contribution in [-0.4, -0.2) is 50.3 Å². The molecule has 1 aromatic carbocycles. The fourth-order valence-corrected chi connectivity index (χ4v) is 3.79. The Hall–Kier alpha value is -1.95. The van der Waals surface area contributed by atoms with E-state index in [-0.39, 0.29) is 5.54 Å². The summed E-state index contributed by atoms with van der Waals surface area (Å²) in [4.78, 5) is 7.04. The summed E-state index contributed by atoms with van der Waals surface area (Å²) in [5, 5.41) is 3.30. The number of piperidine rings is 1. The topological polar surface area (TPSA) is 72.1 Å². The van der Waals surface area contributed by atoms with E-state index in [0.29, 0.717) is 24.0 Å². The van der Waals surface area contributed by atoms with E-state index in [1.165, 1.54) is 6.42 Å². The van der Waals surface area contributed by atoms with E-state index in [2.05, 4.69) is 42.9 Å². The van der Waals surface area contributed by atoms with Crippen molar-refractivity contribution in [2.45, 2.75) is 46.2 Å². The molecule has 2 unspecified atom stereocenters. The molecule has 1 aliphatic rings. The molecule has 0 radical (unpaired) electrons. The Labute approximate surface area is 164 Å². The van der Waals surface area contributed by atoms with Crippen LogP contribution in [0.5, 0.6) is 11.5 Å². The van der Waals surface area contributed by atoms with Gasteiger partial charge in [-0.15, -0.1) is 0 Å². The minimum absolute atomic E-state index is 0.0341. The molecule has 0 saturated carbocycles. The van der Waals surface area contributed by atoms with Crippen molar-refractivity contribution in [1.29, 1.82) is 0 Å². The van der Waals surface area contributed by atoms with Crippen LogP contribution in [0.3, 0.4) is 0 Å². The average Bonchev–Trinajstić information content (AvgIpc) is 2.63. The molecule has 0 aromatic heterocycles. The zero-order valence-electron chi connectivity index (χ0n) is 17.7. The molecule has 3 N–H and O–H groups in total. The van der Waals surface area contributed by atoms with E-state index in [1.54, 1.807) is 14.2 Å². The van der Waals surface area contributed by atoms with Crippen LogP contribution in [0.2, 0.25) is 0 Å². The van der Waals surface area contributed by atoms with Crippen LogP contribution in [0.4, 0.5) is 0 Å². The van der Waals surface area contributed by atoms with Crippen LogP contribution in [-0.2, 0) is 6.54 Å². The number of methoxy groups -OCH3 is 2. The van der Waals surface area contributed by atoms with Crippen molar-refractivity contribution in [3.8, 4) is 11.5 Å². The maximum Gasteiger partial charge on any atom is 0.188 e. The van der Waals surface area contributed by atoms with Gasteiger partial charge in [0.2, 0.25) is 0 Å². The molecule has 2 atom stereocenters. The second-order valence-electron chi connectivity index (χ2n) is 8.41. The zero-order chi connectivity index (χ0) is 20.0. The number of hydrogen-bond donors (Lipinski definition) is 2. The van der Waals surface area contributed by atoms with Gasteiger partial charge in [0, 0.05) is 25.2 Å². The maximum absolute atomic E-state index is 6.10. The van der Waals surface area contributed by atoms with Gasteiger partial charge in [0.25, 0.3) is 0 Å². The monoisotopic (exact) mass is 376 g/mol. The highest BCUT2D eigenvalue weighted by molar-refractivity contribution is 5.77. The lowest BCUT2D eigenvalue weighted by Gasteiger charge is -2.45. The minimum Gasteiger partial charge on any atom is -0.493 e. The standard InChI is InChI=1S/C21H36N4O2/c1-15-9-16(2)13-25(12-15)21(3,4)14-24-20(22)23-11-17-7-8-18(26-5)19(10-17)27-6/h7-8,10,15-16H,9,11-14H2,1-6H3,(H3,22,23,24). The predicted octanol–water partition coefficient (Wildman–Crippen LogP) is 2.86. The first-order valence-electron chi connectivity index (χ1n) is 9.75. The Kier molecular flexibility index (Phi) is 7.36. The van der Waals surface area contributed by atoms with Crippen molar-refractivity contribution in [3.05, 3.63) is 23.8 Å². The number of benzene rings is 1. The lowest BCUT2D eigenvalue weighted by molar-refractivity contribution is 0.0484. The molecule has 2 rings (SSSR count). The first-order chi connectivity index (χ1) is 12.7. The molecular weight excluding hydrogens is 340 g/mol. The van der Waals surface area contributed by atoms with Gasteiger partial charge in [0.15, 0.2) is 17.5 Å². The quantitative estimate of drug-likeness (QED) is 0.565. The van der Waals surface area contributed by atoms with Crippen molar-refractivity contribution < 1.29 is 9.47 Å². The average molecular weight is 377 g/mol. The van der Waals surface area contributed by atoms with Crippen LogP contribution >= 0.6 is 0 Å². The first-order valence-corrected chi connectivity index (χ1v) is 9.75. The number of likely N-dealkylation sites (tertiary alicyclic amines) is 1. The molecule has 0 aliphatic carbocycles. The van der Waals surface area contributed by atoms with E-state index in [4.69, 9.17) is 15.2 Å². The molecule has 0 spiro atoms. The molecule has 0 amide bonds. The van der Waals surface area contributed by atoms with Crippen molar-refractivity contribution in [3.63, 3.8) is 0 Å². The van der Waals surface area contributed by atoms with Crippen LogP contribution < -0.4 is 20.5 Å². The Balaban J connectivity index is 1.91. The van der Waals surface area contributed by atoms with Crippen molar-refractivity contribution in [2.24, 2.45) is 22.6 Å². The van der Waals surface area contributed by atoms with Crippen molar-refractivity contribution in [2.75, 3.05) is 33.9 Å². The number of nitrogens with two attached hydrogens (primary N) is 1. The number of ether oxygens (including phenoxy) is 2. The highest BCUT2D eigenvalue weighted by atomic mass is 16.5. The lowest BCUT2D eigenvalue weighted by Crippen LogP contribution is -2.56. The number of guanidine groups is 1.